The summed E-state index contributed by atoms with van der Waals surface area (Å²) in [4.78, 5) is 13.7. The normalized spacial score (nSPS) is 20.0. The molecule has 1 rings (SSSR count). The van der Waals surface area contributed by atoms with Gasteiger partial charge in [0.1, 0.15) is 6.29 Å². The summed E-state index contributed by atoms with van der Waals surface area (Å²) in [5.74, 6) is 0. The summed E-state index contributed by atoms with van der Waals surface area (Å²) in [6, 6.07) is 0.651. The number of hydrogen-bond donors (Lipinski definition) is 1. The maximum atomic E-state index is 11.3. The Morgan fingerprint density at radius 2 is 2.18 bits per heavy atom. The van der Waals surface area contributed by atoms with Gasteiger partial charge in [0.05, 0.1) is 0 Å². The lowest BCUT2D eigenvalue weighted by molar-refractivity contribution is -0.117. The van der Waals surface area contributed by atoms with Crippen LogP contribution in [0.3, 0.4) is 0 Å². The van der Waals surface area contributed by atoms with E-state index in [0.717, 1.165) is 38.6 Å². The third-order valence-corrected chi connectivity index (χ3v) is 3.86. The van der Waals surface area contributed by atoms with Crippen molar-refractivity contribution in [2.24, 2.45) is 5.41 Å². The third-order valence-electron chi connectivity index (χ3n) is 3.86. The fourth-order valence-electron chi connectivity index (χ4n) is 2.63. The molecule has 1 N–H and O–H groups in total. The zero-order valence-corrected chi connectivity index (χ0v) is 11.3. The van der Waals surface area contributed by atoms with Crippen LogP contribution in [0.25, 0.3) is 0 Å². The van der Waals surface area contributed by atoms with Crippen molar-refractivity contribution in [2.75, 3.05) is 19.7 Å². The van der Waals surface area contributed by atoms with Gasteiger partial charge in [0.25, 0.3) is 0 Å². The SMILES string of the molecule is CCCC(C)(C=O)CN(CCCO)C1CCC1. The Morgan fingerprint density at radius 3 is 2.59 bits per heavy atom. The molecular weight excluding hydrogens is 214 g/mol. The highest BCUT2D eigenvalue weighted by atomic mass is 16.3. The first-order chi connectivity index (χ1) is 8.15. The Hall–Kier alpha value is -0.410. The van der Waals surface area contributed by atoms with Gasteiger partial charge in [-0.2, -0.15) is 0 Å². The molecule has 1 aliphatic rings. The number of hydrogen-bond acceptors (Lipinski definition) is 3. The van der Waals surface area contributed by atoms with Gasteiger partial charge in [-0.3, -0.25) is 4.90 Å². The molecule has 1 atom stereocenters. The lowest BCUT2D eigenvalue weighted by Gasteiger charge is -2.41. The van der Waals surface area contributed by atoms with Crippen molar-refractivity contribution in [3.8, 4) is 0 Å². The van der Waals surface area contributed by atoms with E-state index in [1.54, 1.807) is 0 Å². The van der Waals surface area contributed by atoms with Crippen LogP contribution in [0.5, 0.6) is 0 Å². The molecular formula is C14H27NO2. The summed E-state index contributed by atoms with van der Waals surface area (Å²) in [5, 5.41) is 8.95. The van der Waals surface area contributed by atoms with Gasteiger partial charge in [-0.05, 0) is 25.7 Å². The van der Waals surface area contributed by atoms with Crippen molar-refractivity contribution in [1.82, 2.24) is 4.90 Å². The molecule has 1 saturated carbocycles. The summed E-state index contributed by atoms with van der Waals surface area (Å²) < 4.78 is 0. The van der Waals surface area contributed by atoms with Gasteiger partial charge in [-0.15, -0.1) is 0 Å². The van der Waals surface area contributed by atoms with Crippen molar-refractivity contribution in [3.05, 3.63) is 0 Å². The molecule has 1 unspecified atom stereocenters. The average Bonchev–Trinajstić information content (AvgIpc) is 2.24. The highest BCUT2D eigenvalue weighted by Gasteiger charge is 2.31. The Morgan fingerprint density at radius 1 is 1.47 bits per heavy atom. The smallest absolute Gasteiger partial charge is 0.127 e. The maximum absolute atomic E-state index is 11.3. The molecule has 0 aromatic carbocycles. The van der Waals surface area contributed by atoms with E-state index in [-0.39, 0.29) is 12.0 Å². The van der Waals surface area contributed by atoms with Crippen molar-refractivity contribution in [3.63, 3.8) is 0 Å². The molecule has 0 aromatic heterocycles. The number of carbonyl (C=O) groups excluding carboxylic acids is 1. The zero-order valence-electron chi connectivity index (χ0n) is 11.3. The van der Waals surface area contributed by atoms with Gasteiger partial charge in [0, 0.05) is 31.2 Å². The lowest BCUT2D eigenvalue weighted by Crippen LogP contribution is -2.46. The van der Waals surface area contributed by atoms with Gasteiger partial charge in [-0.1, -0.05) is 26.7 Å². The van der Waals surface area contributed by atoms with Crippen LogP contribution in [0, 0.1) is 5.41 Å². The molecule has 3 heteroatoms. The highest BCUT2D eigenvalue weighted by molar-refractivity contribution is 5.59. The Labute approximate surface area is 105 Å². The highest BCUT2D eigenvalue weighted by Crippen LogP contribution is 2.29. The average molecular weight is 241 g/mol. The van der Waals surface area contributed by atoms with Crippen molar-refractivity contribution in [2.45, 2.75) is 58.4 Å². The van der Waals surface area contributed by atoms with Crippen molar-refractivity contribution < 1.29 is 9.90 Å². The molecule has 0 aliphatic heterocycles. The first kappa shape index (κ1) is 14.7. The number of rotatable bonds is 9. The summed E-state index contributed by atoms with van der Waals surface area (Å²) in [6.07, 6.45) is 7.77. The molecule has 0 spiro atoms. The van der Waals surface area contributed by atoms with E-state index < -0.39 is 0 Å². The summed E-state index contributed by atoms with van der Waals surface area (Å²) >= 11 is 0. The minimum Gasteiger partial charge on any atom is -0.396 e. The van der Waals surface area contributed by atoms with Crippen LogP contribution < -0.4 is 0 Å². The fraction of sp³-hybridized carbons (Fsp3) is 0.929. The zero-order chi connectivity index (χ0) is 12.7. The summed E-state index contributed by atoms with van der Waals surface area (Å²) in [7, 11) is 0. The molecule has 0 radical (unpaired) electrons. The second-order valence-electron chi connectivity index (χ2n) is 5.65. The molecule has 100 valence electrons. The number of aldehydes is 1. The lowest BCUT2D eigenvalue weighted by atomic mass is 9.84. The number of aliphatic hydroxyl groups excluding tert-OH is 1. The summed E-state index contributed by atoms with van der Waals surface area (Å²) in [5.41, 5.74) is -0.209. The maximum Gasteiger partial charge on any atom is 0.127 e. The van der Waals surface area contributed by atoms with Gasteiger partial charge >= 0.3 is 0 Å². The number of aliphatic hydroxyl groups is 1. The van der Waals surface area contributed by atoms with Crippen LogP contribution in [-0.2, 0) is 4.79 Å². The monoisotopic (exact) mass is 241 g/mol. The first-order valence-corrected chi connectivity index (χ1v) is 6.96. The number of nitrogens with zero attached hydrogens (tertiary/aromatic N) is 1. The Kier molecular flexibility index (Phi) is 6.14. The molecule has 17 heavy (non-hydrogen) atoms. The van der Waals surface area contributed by atoms with Crippen molar-refractivity contribution >= 4 is 6.29 Å². The quantitative estimate of drug-likeness (QED) is 0.629. The standard InChI is InChI=1S/C14H27NO2/c1-3-8-14(2,12-17)11-15(9-5-10-16)13-6-4-7-13/h12-13,16H,3-11H2,1-2H3. The topological polar surface area (TPSA) is 40.5 Å². The van der Waals surface area contributed by atoms with Gasteiger partial charge in [0.15, 0.2) is 0 Å². The molecule has 3 nitrogen and oxygen atoms in total. The molecule has 1 fully saturated rings. The van der Waals surface area contributed by atoms with Crippen LogP contribution >= 0.6 is 0 Å². The van der Waals surface area contributed by atoms with Gasteiger partial charge in [-0.25, -0.2) is 0 Å². The fourth-order valence-corrected chi connectivity index (χ4v) is 2.63. The predicted octanol–water partition coefficient (Wildman–Crippen LogP) is 2.23. The van der Waals surface area contributed by atoms with Gasteiger partial charge in [0.2, 0.25) is 0 Å². The van der Waals surface area contributed by atoms with Crippen molar-refractivity contribution in [1.29, 1.82) is 0 Å². The van der Waals surface area contributed by atoms with Crippen LogP contribution in [0.15, 0.2) is 0 Å². The largest absolute Gasteiger partial charge is 0.396 e. The molecule has 0 aromatic rings. The molecule has 1 aliphatic carbocycles. The van der Waals surface area contributed by atoms with E-state index in [1.165, 1.54) is 19.3 Å². The van der Waals surface area contributed by atoms with E-state index in [2.05, 4.69) is 18.7 Å². The van der Waals surface area contributed by atoms with Crippen LogP contribution in [-0.4, -0.2) is 42.0 Å². The van der Waals surface area contributed by atoms with E-state index in [1.807, 2.05) is 0 Å². The van der Waals surface area contributed by atoms with Crippen LogP contribution in [0.1, 0.15) is 52.4 Å². The molecule has 0 bridgehead atoms. The van der Waals surface area contributed by atoms with E-state index in [9.17, 15) is 4.79 Å². The van der Waals surface area contributed by atoms with E-state index in [4.69, 9.17) is 5.11 Å². The Bertz CT molecular complexity index is 228. The van der Waals surface area contributed by atoms with Gasteiger partial charge < -0.3 is 9.90 Å². The first-order valence-electron chi connectivity index (χ1n) is 6.96. The molecule has 0 heterocycles. The summed E-state index contributed by atoms with van der Waals surface area (Å²) in [6.45, 7) is 6.22. The van der Waals surface area contributed by atoms with E-state index >= 15 is 0 Å². The number of carbonyl (C=O) groups is 1. The Balaban J connectivity index is 2.52. The molecule has 0 saturated heterocycles. The second kappa shape index (κ2) is 7.12. The minimum atomic E-state index is -0.209. The predicted molar refractivity (Wildman–Crippen MR) is 70.0 cm³/mol. The molecule has 0 amide bonds. The minimum absolute atomic E-state index is 0.209. The van der Waals surface area contributed by atoms with Crippen LogP contribution in [0.4, 0.5) is 0 Å². The van der Waals surface area contributed by atoms with Crippen LogP contribution in [0.2, 0.25) is 0 Å². The van der Waals surface area contributed by atoms with E-state index in [0.29, 0.717) is 6.04 Å². The third kappa shape index (κ3) is 4.40. The second-order valence-corrected chi connectivity index (χ2v) is 5.65.